The Morgan fingerprint density at radius 3 is 2.90 bits per heavy atom. The third kappa shape index (κ3) is 3.39. The molecule has 0 bridgehead atoms. The molecular formula is C14H18ClFN2O2. The lowest BCUT2D eigenvalue weighted by molar-refractivity contribution is 0.0224. The molecule has 0 N–H and O–H groups in total. The Kier molecular flexibility index (Phi) is 4.18. The van der Waals surface area contributed by atoms with Gasteiger partial charge in [0, 0.05) is 12.1 Å². The molecule has 1 aliphatic heterocycles. The molecule has 0 radical (unpaired) electrons. The highest BCUT2D eigenvalue weighted by atomic mass is 35.5. The molecule has 1 aromatic rings. The van der Waals surface area contributed by atoms with Gasteiger partial charge in [-0.1, -0.05) is 11.6 Å². The van der Waals surface area contributed by atoms with Crippen LogP contribution < -0.4 is 0 Å². The number of carbonyl (C=O) groups excluding carboxylic acids is 1. The summed E-state index contributed by atoms with van der Waals surface area (Å²) >= 11 is 6.02. The van der Waals surface area contributed by atoms with Gasteiger partial charge >= 0.3 is 6.09 Å². The Balaban J connectivity index is 2.23. The number of likely N-dealkylation sites (tertiary alicyclic amines) is 1. The van der Waals surface area contributed by atoms with Crippen LogP contribution in [0.25, 0.3) is 0 Å². The molecule has 4 nitrogen and oxygen atoms in total. The molecule has 1 amide bonds. The molecule has 1 aromatic heterocycles. The highest BCUT2D eigenvalue weighted by molar-refractivity contribution is 6.30. The van der Waals surface area contributed by atoms with Crippen molar-refractivity contribution in [2.24, 2.45) is 0 Å². The fraction of sp³-hybridized carbons (Fsp3) is 0.571. The van der Waals surface area contributed by atoms with Crippen molar-refractivity contribution in [1.82, 2.24) is 9.88 Å². The van der Waals surface area contributed by atoms with Gasteiger partial charge < -0.3 is 9.64 Å². The van der Waals surface area contributed by atoms with Gasteiger partial charge in [0.15, 0.2) is 0 Å². The molecule has 0 aliphatic carbocycles. The SMILES string of the molecule is CC(C)(C)OC(=O)N1CCC[C@@H]1c1cc(F)cnc1Cl. The number of hydrogen-bond donors (Lipinski definition) is 0. The summed E-state index contributed by atoms with van der Waals surface area (Å²) in [5.41, 5.74) is -0.0242. The molecule has 1 aliphatic rings. The van der Waals surface area contributed by atoms with Crippen LogP contribution in [0.5, 0.6) is 0 Å². The molecule has 0 aromatic carbocycles. The van der Waals surface area contributed by atoms with Crippen LogP contribution >= 0.6 is 11.6 Å². The van der Waals surface area contributed by atoms with E-state index in [1.54, 1.807) is 4.90 Å². The smallest absolute Gasteiger partial charge is 0.410 e. The zero-order valence-electron chi connectivity index (χ0n) is 11.8. The molecule has 110 valence electrons. The maximum atomic E-state index is 13.3. The summed E-state index contributed by atoms with van der Waals surface area (Å²) in [7, 11) is 0. The predicted octanol–water partition coefficient (Wildman–Crippen LogP) is 3.95. The van der Waals surface area contributed by atoms with Crippen LogP contribution in [-0.4, -0.2) is 28.1 Å². The van der Waals surface area contributed by atoms with Crippen LogP contribution in [0, 0.1) is 5.82 Å². The minimum Gasteiger partial charge on any atom is -0.444 e. The number of pyridine rings is 1. The molecular weight excluding hydrogens is 283 g/mol. The number of ether oxygens (including phenoxy) is 1. The first-order valence-electron chi connectivity index (χ1n) is 6.58. The average molecular weight is 301 g/mol. The lowest BCUT2D eigenvalue weighted by Crippen LogP contribution is -2.36. The van der Waals surface area contributed by atoms with Gasteiger partial charge in [0.25, 0.3) is 0 Å². The van der Waals surface area contributed by atoms with E-state index in [0.717, 1.165) is 19.0 Å². The minimum absolute atomic E-state index is 0.229. The van der Waals surface area contributed by atoms with Crippen molar-refractivity contribution in [3.05, 3.63) is 28.8 Å². The third-order valence-electron chi connectivity index (χ3n) is 3.07. The largest absolute Gasteiger partial charge is 0.444 e. The number of amides is 1. The number of rotatable bonds is 1. The monoisotopic (exact) mass is 300 g/mol. The summed E-state index contributed by atoms with van der Waals surface area (Å²) < 4.78 is 18.7. The third-order valence-corrected chi connectivity index (χ3v) is 3.39. The maximum absolute atomic E-state index is 13.3. The van der Waals surface area contributed by atoms with Crippen molar-refractivity contribution in [3.63, 3.8) is 0 Å². The molecule has 0 saturated carbocycles. The fourth-order valence-corrected chi connectivity index (χ4v) is 2.53. The van der Waals surface area contributed by atoms with E-state index in [2.05, 4.69) is 4.98 Å². The van der Waals surface area contributed by atoms with Crippen LogP contribution in [0.2, 0.25) is 5.15 Å². The molecule has 2 heterocycles. The molecule has 0 unspecified atom stereocenters. The molecule has 1 fully saturated rings. The Morgan fingerprint density at radius 1 is 1.55 bits per heavy atom. The second kappa shape index (κ2) is 5.56. The Morgan fingerprint density at radius 2 is 2.25 bits per heavy atom. The lowest BCUT2D eigenvalue weighted by atomic mass is 10.1. The van der Waals surface area contributed by atoms with Crippen LogP contribution in [0.15, 0.2) is 12.3 Å². The van der Waals surface area contributed by atoms with Gasteiger partial charge in [0.05, 0.1) is 12.2 Å². The first kappa shape index (κ1) is 15.0. The molecule has 0 spiro atoms. The van der Waals surface area contributed by atoms with Gasteiger partial charge in [-0.3, -0.25) is 0 Å². The summed E-state index contributed by atoms with van der Waals surface area (Å²) in [6, 6.07) is 1.06. The molecule has 20 heavy (non-hydrogen) atoms. The van der Waals surface area contributed by atoms with Crippen molar-refractivity contribution in [2.75, 3.05) is 6.54 Å². The topological polar surface area (TPSA) is 42.4 Å². The first-order valence-corrected chi connectivity index (χ1v) is 6.96. The number of carbonyl (C=O) groups is 1. The summed E-state index contributed by atoms with van der Waals surface area (Å²) in [4.78, 5) is 17.6. The van der Waals surface area contributed by atoms with Crippen LogP contribution in [0.4, 0.5) is 9.18 Å². The van der Waals surface area contributed by atoms with Crippen molar-refractivity contribution in [3.8, 4) is 0 Å². The number of halogens is 2. The van der Waals surface area contributed by atoms with Crippen molar-refractivity contribution in [1.29, 1.82) is 0 Å². The van der Waals surface area contributed by atoms with E-state index in [1.807, 2.05) is 20.8 Å². The van der Waals surface area contributed by atoms with Gasteiger partial charge in [-0.2, -0.15) is 0 Å². The second-order valence-electron chi connectivity index (χ2n) is 5.87. The van der Waals surface area contributed by atoms with E-state index >= 15 is 0 Å². The van der Waals surface area contributed by atoms with E-state index < -0.39 is 17.5 Å². The van der Waals surface area contributed by atoms with Gasteiger partial charge in [0.2, 0.25) is 0 Å². The number of hydrogen-bond acceptors (Lipinski definition) is 3. The van der Waals surface area contributed by atoms with E-state index in [9.17, 15) is 9.18 Å². The average Bonchev–Trinajstić information content (AvgIpc) is 2.79. The first-order chi connectivity index (χ1) is 9.28. The highest BCUT2D eigenvalue weighted by Crippen LogP contribution is 2.36. The van der Waals surface area contributed by atoms with Gasteiger partial charge in [-0.15, -0.1) is 0 Å². The Labute approximate surface area is 122 Å². The molecule has 1 atom stereocenters. The molecule has 6 heteroatoms. The van der Waals surface area contributed by atoms with Crippen molar-refractivity contribution in [2.45, 2.75) is 45.3 Å². The zero-order chi connectivity index (χ0) is 14.9. The Bertz CT molecular complexity index is 516. The van der Waals surface area contributed by atoms with E-state index in [4.69, 9.17) is 16.3 Å². The lowest BCUT2D eigenvalue weighted by Gasteiger charge is -2.29. The predicted molar refractivity (Wildman–Crippen MR) is 74.1 cm³/mol. The van der Waals surface area contributed by atoms with Crippen molar-refractivity contribution >= 4 is 17.7 Å². The van der Waals surface area contributed by atoms with Crippen LogP contribution in [-0.2, 0) is 4.74 Å². The van der Waals surface area contributed by atoms with Gasteiger partial charge in [0.1, 0.15) is 16.6 Å². The van der Waals surface area contributed by atoms with Crippen molar-refractivity contribution < 1.29 is 13.9 Å². The molecule has 1 saturated heterocycles. The summed E-state index contributed by atoms with van der Waals surface area (Å²) in [5.74, 6) is -0.458. The van der Waals surface area contributed by atoms with E-state index in [0.29, 0.717) is 12.1 Å². The number of nitrogens with zero attached hydrogens (tertiary/aromatic N) is 2. The van der Waals surface area contributed by atoms with E-state index in [1.165, 1.54) is 6.07 Å². The molecule has 2 rings (SSSR count). The standard InChI is InChI=1S/C14H18ClFN2O2/c1-14(2,3)20-13(19)18-6-4-5-11(18)10-7-9(16)8-17-12(10)15/h7-8,11H,4-6H2,1-3H3/t11-/m1/s1. The second-order valence-corrected chi connectivity index (χ2v) is 6.22. The Hall–Kier alpha value is -1.36. The summed E-state index contributed by atoms with van der Waals surface area (Å²) in [6.45, 7) is 6.01. The fourth-order valence-electron chi connectivity index (χ4n) is 2.30. The quantitative estimate of drug-likeness (QED) is 0.738. The summed E-state index contributed by atoms with van der Waals surface area (Å²) in [5, 5.41) is 0.229. The van der Waals surface area contributed by atoms with Gasteiger partial charge in [-0.25, -0.2) is 14.2 Å². The van der Waals surface area contributed by atoms with Crippen LogP contribution in [0.3, 0.4) is 0 Å². The van der Waals surface area contributed by atoms with Gasteiger partial charge in [-0.05, 0) is 39.7 Å². The highest BCUT2D eigenvalue weighted by Gasteiger charge is 2.34. The number of aromatic nitrogens is 1. The zero-order valence-corrected chi connectivity index (χ0v) is 12.6. The summed E-state index contributed by atoms with van der Waals surface area (Å²) in [6.07, 6.45) is 2.22. The normalized spacial score (nSPS) is 19.2. The maximum Gasteiger partial charge on any atom is 0.410 e. The van der Waals surface area contributed by atoms with E-state index in [-0.39, 0.29) is 11.2 Å². The van der Waals surface area contributed by atoms with Crippen LogP contribution in [0.1, 0.15) is 45.2 Å². The minimum atomic E-state index is -0.561.